The zero-order chi connectivity index (χ0) is 16.0. The first-order valence-electron chi connectivity index (χ1n) is 6.79. The van der Waals surface area contributed by atoms with E-state index in [-0.39, 0.29) is 18.2 Å². The van der Waals surface area contributed by atoms with E-state index in [0.29, 0.717) is 5.56 Å². The average molecular weight is 315 g/mol. The lowest BCUT2D eigenvalue weighted by atomic mass is 9.87. The van der Waals surface area contributed by atoms with Crippen LogP contribution >= 0.6 is 0 Å². The number of hydrogen-bond donors (Lipinski definition) is 1. The molecule has 0 aromatic heterocycles. The van der Waals surface area contributed by atoms with Crippen LogP contribution in [-0.2, 0) is 26.3 Å². The lowest BCUT2D eigenvalue weighted by Gasteiger charge is -2.28. The molecule has 0 aliphatic rings. The second kappa shape index (κ2) is 7.66. The van der Waals surface area contributed by atoms with Crippen molar-refractivity contribution in [2.45, 2.75) is 39.5 Å². The molecule has 0 fully saturated rings. The summed E-state index contributed by atoms with van der Waals surface area (Å²) >= 11 is 0. The number of benzene rings is 1. The van der Waals surface area contributed by atoms with Gasteiger partial charge in [-0.05, 0) is 30.0 Å². The van der Waals surface area contributed by atoms with Crippen LogP contribution in [0, 0.1) is 11.2 Å². The molecule has 0 amide bonds. The van der Waals surface area contributed by atoms with E-state index in [4.69, 9.17) is 4.74 Å². The van der Waals surface area contributed by atoms with Crippen LogP contribution in [0.1, 0.15) is 33.3 Å². The molecule has 0 heterocycles. The Morgan fingerprint density at radius 3 is 2.62 bits per heavy atom. The van der Waals surface area contributed by atoms with E-state index in [9.17, 15) is 13.4 Å². The zero-order valence-electron chi connectivity index (χ0n) is 12.8. The molecule has 0 aliphatic carbocycles. The Kier molecular flexibility index (Phi) is 6.48. The van der Waals surface area contributed by atoms with Crippen molar-refractivity contribution < 1.29 is 18.1 Å². The van der Waals surface area contributed by atoms with Gasteiger partial charge in [0.2, 0.25) is 0 Å². The molecule has 118 valence electrons. The van der Waals surface area contributed by atoms with E-state index in [0.717, 1.165) is 0 Å². The van der Waals surface area contributed by atoms with Gasteiger partial charge in [0.05, 0.1) is 23.3 Å². The van der Waals surface area contributed by atoms with E-state index >= 15 is 0 Å². The number of esters is 1. The summed E-state index contributed by atoms with van der Waals surface area (Å²) in [7, 11) is -1.50. The van der Waals surface area contributed by atoms with Crippen LogP contribution in [0.25, 0.3) is 0 Å². The summed E-state index contributed by atoms with van der Waals surface area (Å²) in [5, 5.41) is 0. The minimum Gasteiger partial charge on any atom is -0.465 e. The van der Waals surface area contributed by atoms with Crippen molar-refractivity contribution >= 4 is 17.0 Å². The molecule has 0 radical (unpaired) electrons. The predicted molar refractivity (Wildman–Crippen MR) is 81.3 cm³/mol. The first kappa shape index (κ1) is 17.8. The fourth-order valence-corrected chi connectivity index (χ4v) is 3.03. The highest BCUT2D eigenvalue weighted by molar-refractivity contribution is 7.82. The Labute approximate surface area is 127 Å². The molecule has 21 heavy (non-hydrogen) atoms. The quantitative estimate of drug-likeness (QED) is 0.821. The van der Waals surface area contributed by atoms with Crippen LogP contribution in [-0.4, -0.2) is 22.8 Å². The summed E-state index contributed by atoms with van der Waals surface area (Å²) in [5.74, 6) is -0.677. The first-order chi connectivity index (χ1) is 9.74. The number of hydrogen-bond acceptors (Lipinski definition) is 3. The topological polar surface area (TPSA) is 55.4 Å². The molecule has 0 saturated carbocycles. The van der Waals surface area contributed by atoms with Gasteiger partial charge in [-0.15, -0.1) is 0 Å². The van der Waals surface area contributed by atoms with Gasteiger partial charge >= 0.3 is 5.97 Å². The van der Waals surface area contributed by atoms with Crippen molar-refractivity contribution in [3.8, 4) is 0 Å². The standard InChI is InChI=1S/C15H22FNO3S/c1-5-20-14(18)13(15(2,3)4)17-21(19)10-11-7-6-8-12(16)9-11/h6-9,13,17H,5,10H2,1-4H3/t13-,21+/m1/s1. The average Bonchev–Trinajstić information content (AvgIpc) is 2.34. The number of rotatable bonds is 6. The molecule has 2 atom stereocenters. The van der Waals surface area contributed by atoms with Gasteiger partial charge in [-0.1, -0.05) is 32.9 Å². The van der Waals surface area contributed by atoms with Crippen LogP contribution in [0.3, 0.4) is 0 Å². The van der Waals surface area contributed by atoms with Gasteiger partial charge in [0.1, 0.15) is 11.9 Å². The van der Waals surface area contributed by atoms with E-state index < -0.39 is 28.4 Å². The number of ether oxygens (including phenoxy) is 1. The van der Waals surface area contributed by atoms with Crippen LogP contribution in [0.2, 0.25) is 0 Å². The van der Waals surface area contributed by atoms with Crippen LogP contribution in [0.4, 0.5) is 4.39 Å². The maximum Gasteiger partial charge on any atom is 0.324 e. The Morgan fingerprint density at radius 2 is 2.10 bits per heavy atom. The van der Waals surface area contributed by atoms with Crippen molar-refractivity contribution in [1.29, 1.82) is 0 Å². The normalized spacial score (nSPS) is 14.5. The number of halogens is 1. The van der Waals surface area contributed by atoms with Gasteiger partial charge in [-0.2, -0.15) is 0 Å². The number of nitrogens with one attached hydrogen (secondary N) is 1. The first-order valence-corrected chi connectivity index (χ1v) is 8.11. The third-order valence-electron chi connectivity index (χ3n) is 2.82. The molecule has 1 aromatic rings. The maximum atomic E-state index is 13.1. The highest BCUT2D eigenvalue weighted by atomic mass is 32.2. The Morgan fingerprint density at radius 1 is 1.43 bits per heavy atom. The molecule has 6 heteroatoms. The molecule has 1 N–H and O–H groups in total. The minimum absolute atomic E-state index is 0.129. The smallest absolute Gasteiger partial charge is 0.324 e. The molecule has 1 aromatic carbocycles. The predicted octanol–water partition coefficient (Wildman–Crippen LogP) is 2.56. The van der Waals surface area contributed by atoms with E-state index in [2.05, 4.69) is 4.72 Å². The van der Waals surface area contributed by atoms with E-state index in [1.54, 1.807) is 19.1 Å². The van der Waals surface area contributed by atoms with Gasteiger partial charge in [0.15, 0.2) is 0 Å². The molecule has 0 unspecified atom stereocenters. The molecule has 0 spiro atoms. The Bertz CT molecular complexity index is 514. The fourth-order valence-electron chi connectivity index (χ4n) is 1.76. The second-order valence-electron chi connectivity index (χ2n) is 5.79. The largest absolute Gasteiger partial charge is 0.465 e. The van der Waals surface area contributed by atoms with Crippen molar-refractivity contribution in [3.05, 3.63) is 35.6 Å². The fraction of sp³-hybridized carbons (Fsp3) is 0.533. The molecule has 0 aliphatic heterocycles. The zero-order valence-corrected chi connectivity index (χ0v) is 13.6. The summed E-state index contributed by atoms with van der Waals surface area (Å²) in [6.45, 7) is 7.58. The van der Waals surface area contributed by atoms with Crippen molar-refractivity contribution in [2.24, 2.45) is 5.41 Å². The third kappa shape index (κ3) is 5.93. The van der Waals surface area contributed by atoms with Crippen molar-refractivity contribution in [3.63, 3.8) is 0 Å². The summed E-state index contributed by atoms with van der Waals surface area (Å²) in [6.07, 6.45) is 0. The van der Waals surface area contributed by atoms with Gasteiger partial charge in [0, 0.05) is 0 Å². The van der Waals surface area contributed by atoms with Crippen LogP contribution in [0.5, 0.6) is 0 Å². The molecular weight excluding hydrogens is 293 g/mol. The number of carbonyl (C=O) groups is 1. The summed E-state index contributed by atoms with van der Waals surface area (Å²) < 4.78 is 33.1. The molecular formula is C15H22FNO3S. The third-order valence-corrected chi connectivity index (χ3v) is 3.92. The van der Waals surface area contributed by atoms with Gasteiger partial charge in [-0.3, -0.25) is 4.79 Å². The van der Waals surface area contributed by atoms with E-state index in [1.807, 2.05) is 20.8 Å². The maximum absolute atomic E-state index is 13.1. The van der Waals surface area contributed by atoms with E-state index in [1.165, 1.54) is 12.1 Å². The SMILES string of the molecule is CCOC(=O)[C@@H](N[S@@](=O)Cc1cccc(F)c1)C(C)(C)C. The second-order valence-corrected chi connectivity index (χ2v) is 7.00. The summed E-state index contributed by atoms with van der Waals surface area (Å²) in [6, 6.07) is 5.23. The molecule has 1 rings (SSSR count). The highest BCUT2D eigenvalue weighted by Crippen LogP contribution is 2.21. The van der Waals surface area contributed by atoms with Crippen LogP contribution < -0.4 is 4.72 Å². The van der Waals surface area contributed by atoms with Gasteiger partial charge in [0.25, 0.3) is 0 Å². The Hall–Kier alpha value is -1.27. The monoisotopic (exact) mass is 315 g/mol. The van der Waals surface area contributed by atoms with Gasteiger partial charge in [-0.25, -0.2) is 13.3 Å². The number of carbonyl (C=O) groups excluding carboxylic acids is 1. The minimum atomic E-state index is -1.50. The molecule has 0 saturated heterocycles. The van der Waals surface area contributed by atoms with Crippen LogP contribution in [0.15, 0.2) is 24.3 Å². The molecule has 4 nitrogen and oxygen atoms in total. The highest BCUT2D eigenvalue weighted by Gasteiger charge is 2.33. The summed E-state index contributed by atoms with van der Waals surface area (Å²) in [5.41, 5.74) is 0.168. The van der Waals surface area contributed by atoms with Crippen molar-refractivity contribution in [1.82, 2.24) is 4.72 Å². The molecule has 0 bridgehead atoms. The van der Waals surface area contributed by atoms with Crippen molar-refractivity contribution in [2.75, 3.05) is 6.61 Å². The lowest BCUT2D eigenvalue weighted by molar-refractivity contribution is -0.147. The Balaban J connectivity index is 2.75. The summed E-state index contributed by atoms with van der Waals surface area (Å²) in [4.78, 5) is 12.0. The van der Waals surface area contributed by atoms with Gasteiger partial charge < -0.3 is 4.74 Å². The lowest BCUT2D eigenvalue weighted by Crippen LogP contribution is -2.48.